The van der Waals surface area contributed by atoms with E-state index in [-0.39, 0.29) is 29.5 Å². The standard InChI is InChI=1S/C23H21N3O6/c1-13-10-15(14(2)26(13)16-4-6-17(27)7-5-16)11-19-21(28)25(23(30)24-19)12-18-8-9-20(32-18)22(29)31-3/h4-11,27H,12H2,1-3H3,(H,24,30)/b19-11-. The van der Waals surface area contributed by atoms with Gasteiger partial charge in [0.1, 0.15) is 17.2 Å². The third kappa shape index (κ3) is 3.76. The minimum Gasteiger partial charge on any atom is -0.508 e. The summed E-state index contributed by atoms with van der Waals surface area (Å²) in [5.74, 6) is -0.695. The monoisotopic (exact) mass is 435 g/mol. The van der Waals surface area contributed by atoms with Crippen LogP contribution in [0.5, 0.6) is 5.75 Å². The molecule has 1 fully saturated rings. The van der Waals surface area contributed by atoms with Crippen LogP contribution in [-0.2, 0) is 16.1 Å². The maximum atomic E-state index is 12.8. The van der Waals surface area contributed by atoms with Crippen molar-refractivity contribution in [1.29, 1.82) is 0 Å². The number of furan rings is 1. The Morgan fingerprint density at radius 3 is 2.56 bits per heavy atom. The van der Waals surface area contributed by atoms with Crippen molar-refractivity contribution in [3.8, 4) is 11.4 Å². The predicted molar refractivity (Wildman–Crippen MR) is 114 cm³/mol. The number of phenols is 1. The van der Waals surface area contributed by atoms with Crippen LogP contribution in [0.25, 0.3) is 11.8 Å². The molecule has 1 aliphatic heterocycles. The van der Waals surface area contributed by atoms with Crippen LogP contribution in [0.3, 0.4) is 0 Å². The smallest absolute Gasteiger partial charge is 0.373 e. The summed E-state index contributed by atoms with van der Waals surface area (Å²) in [6.45, 7) is 3.72. The Morgan fingerprint density at radius 2 is 1.88 bits per heavy atom. The highest BCUT2D eigenvalue weighted by atomic mass is 16.5. The Kier molecular flexibility index (Phi) is 5.31. The fraction of sp³-hybridized carbons (Fsp3) is 0.174. The first kappa shape index (κ1) is 21.0. The Labute approximate surface area is 183 Å². The average Bonchev–Trinajstić information content (AvgIpc) is 3.42. The lowest BCUT2D eigenvalue weighted by Crippen LogP contribution is -2.30. The predicted octanol–water partition coefficient (Wildman–Crippen LogP) is 3.27. The van der Waals surface area contributed by atoms with Crippen molar-refractivity contribution < 1.29 is 28.6 Å². The van der Waals surface area contributed by atoms with Crippen LogP contribution in [0.4, 0.5) is 4.79 Å². The van der Waals surface area contributed by atoms with Crippen LogP contribution in [-0.4, -0.2) is 39.6 Å². The number of rotatable bonds is 5. The van der Waals surface area contributed by atoms with Crippen molar-refractivity contribution in [3.63, 3.8) is 0 Å². The van der Waals surface area contributed by atoms with Gasteiger partial charge in [0.2, 0.25) is 5.76 Å². The molecule has 3 amide bonds. The number of amides is 3. The number of aryl methyl sites for hydroxylation is 1. The van der Waals surface area contributed by atoms with Crippen LogP contribution >= 0.6 is 0 Å². The van der Waals surface area contributed by atoms with Gasteiger partial charge in [0.25, 0.3) is 5.91 Å². The maximum absolute atomic E-state index is 12.8. The first-order chi connectivity index (χ1) is 15.3. The minimum atomic E-state index is -0.641. The second kappa shape index (κ2) is 8.10. The summed E-state index contributed by atoms with van der Waals surface area (Å²) in [4.78, 5) is 37.8. The van der Waals surface area contributed by atoms with Crippen molar-refractivity contribution in [2.75, 3.05) is 7.11 Å². The van der Waals surface area contributed by atoms with E-state index < -0.39 is 17.9 Å². The third-order valence-electron chi connectivity index (χ3n) is 5.20. The number of hydrogen-bond acceptors (Lipinski definition) is 6. The summed E-state index contributed by atoms with van der Waals surface area (Å²) in [5, 5.41) is 12.1. The molecule has 32 heavy (non-hydrogen) atoms. The number of nitrogens with zero attached hydrogens (tertiary/aromatic N) is 2. The van der Waals surface area contributed by atoms with Crippen LogP contribution in [0.2, 0.25) is 0 Å². The molecule has 1 aliphatic rings. The zero-order valence-electron chi connectivity index (χ0n) is 17.7. The Morgan fingerprint density at radius 1 is 1.16 bits per heavy atom. The number of ether oxygens (including phenoxy) is 1. The molecule has 9 heteroatoms. The lowest BCUT2D eigenvalue weighted by molar-refractivity contribution is -0.123. The minimum absolute atomic E-state index is 0.00742. The molecule has 0 saturated carbocycles. The van der Waals surface area contributed by atoms with E-state index in [0.29, 0.717) is 0 Å². The first-order valence-electron chi connectivity index (χ1n) is 9.78. The Balaban J connectivity index is 1.58. The van der Waals surface area contributed by atoms with E-state index in [1.165, 1.54) is 19.2 Å². The topological polar surface area (TPSA) is 114 Å². The summed E-state index contributed by atoms with van der Waals surface area (Å²) >= 11 is 0. The molecule has 1 aromatic carbocycles. The van der Waals surface area contributed by atoms with Gasteiger partial charge in [-0.3, -0.25) is 9.69 Å². The van der Waals surface area contributed by atoms with Crippen LogP contribution < -0.4 is 5.32 Å². The molecule has 164 valence electrons. The van der Waals surface area contributed by atoms with Crippen molar-refractivity contribution in [2.45, 2.75) is 20.4 Å². The number of hydrogen-bond donors (Lipinski definition) is 2. The van der Waals surface area contributed by atoms with Gasteiger partial charge in [0, 0.05) is 17.1 Å². The highest BCUT2D eigenvalue weighted by Crippen LogP contribution is 2.25. The number of esters is 1. The summed E-state index contributed by atoms with van der Waals surface area (Å²) in [6.07, 6.45) is 1.63. The van der Waals surface area contributed by atoms with E-state index in [9.17, 15) is 19.5 Å². The summed E-state index contributed by atoms with van der Waals surface area (Å²) < 4.78 is 11.9. The number of benzene rings is 1. The molecule has 0 aliphatic carbocycles. The maximum Gasteiger partial charge on any atom is 0.373 e. The molecule has 3 heterocycles. The number of phenolic OH excluding ortho intramolecular Hbond substituents is 1. The van der Waals surface area contributed by atoms with Crippen molar-refractivity contribution in [3.05, 3.63) is 76.6 Å². The summed E-state index contributed by atoms with van der Waals surface area (Å²) in [5.41, 5.74) is 3.58. The Hall–Kier alpha value is -4.27. The summed E-state index contributed by atoms with van der Waals surface area (Å²) in [7, 11) is 1.23. The number of carbonyl (C=O) groups is 3. The van der Waals surface area contributed by atoms with Gasteiger partial charge < -0.3 is 24.1 Å². The number of carbonyl (C=O) groups excluding carboxylic acids is 3. The molecule has 1 saturated heterocycles. The fourth-order valence-corrected chi connectivity index (χ4v) is 3.63. The molecule has 2 N–H and O–H groups in total. The Bertz CT molecular complexity index is 1250. The van der Waals surface area contributed by atoms with Crippen molar-refractivity contribution in [1.82, 2.24) is 14.8 Å². The molecule has 0 unspecified atom stereocenters. The number of aromatic hydroxyl groups is 1. The largest absolute Gasteiger partial charge is 0.508 e. The average molecular weight is 435 g/mol. The molecule has 0 atom stereocenters. The van der Waals surface area contributed by atoms with E-state index in [4.69, 9.17) is 4.42 Å². The van der Waals surface area contributed by atoms with E-state index in [1.807, 2.05) is 24.5 Å². The molecule has 0 spiro atoms. The zero-order valence-corrected chi connectivity index (χ0v) is 17.7. The van der Waals surface area contributed by atoms with E-state index in [0.717, 1.165) is 27.5 Å². The normalized spacial score (nSPS) is 14.8. The lowest BCUT2D eigenvalue weighted by Gasteiger charge is -2.10. The molecule has 4 rings (SSSR count). The molecular formula is C23H21N3O6. The number of methoxy groups -OCH3 is 1. The first-order valence-corrected chi connectivity index (χ1v) is 9.78. The lowest BCUT2D eigenvalue weighted by atomic mass is 10.2. The van der Waals surface area contributed by atoms with Gasteiger partial charge in [-0.15, -0.1) is 0 Å². The van der Waals surface area contributed by atoms with Gasteiger partial charge in [0.15, 0.2) is 0 Å². The molecular weight excluding hydrogens is 414 g/mol. The molecule has 0 bridgehead atoms. The number of urea groups is 1. The van der Waals surface area contributed by atoms with Crippen LogP contribution in [0.1, 0.15) is 33.3 Å². The second-order valence-corrected chi connectivity index (χ2v) is 7.32. The van der Waals surface area contributed by atoms with Crippen molar-refractivity contribution >= 4 is 24.0 Å². The van der Waals surface area contributed by atoms with E-state index >= 15 is 0 Å². The van der Waals surface area contributed by atoms with Gasteiger partial charge in [0.05, 0.1) is 13.7 Å². The highest BCUT2D eigenvalue weighted by molar-refractivity contribution is 6.13. The van der Waals surface area contributed by atoms with Gasteiger partial charge in [-0.2, -0.15) is 0 Å². The van der Waals surface area contributed by atoms with Gasteiger partial charge in [-0.05, 0) is 68.0 Å². The van der Waals surface area contributed by atoms with Gasteiger partial charge >= 0.3 is 12.0 Å². The number of imide groups is 1. The molecule has 9 nitrogen and oxygen atoms in total. The van der Waals surface area contributed by atoms with Crippen LogP contribution in [0, 0.1) is 13.8 Å². The van der Waals surface area contributed by atoms with Crippen molar-refractivity contribution in [2.24, 2.45) is 0 Å². The quantitative estimate of drug-likeness (QED) is 0.361. The third-order valence-corrected chi connectivity index (χ3v) is 5.20. The van der Waals surface area contributed by atoms with E-state index in [2.05, 4.69) is 10.1 Å². The molecule has 0 radical (unpaired) electrons. The van der Waals surface area contributed by atoms with Gasteiger partial charge in [-0.1, -0.05) is 0 Å². The molecule has 3 aromatic rings. The zero-order chi connectivity index (χ0) is 23.0. The molecule has 2 aromatic heterocycles. The van der Waals surface area contributed by atoms with Gasteiger partial charge in [-0.25, -0.2) is 9.59 Å². The summed E-state index contributed by atoms with van der Waals surface area (Å²) in [6, 6.07) is 11.1. The SMILES string of the molecule is COC(=O)c1ccc(CN2C(=O)N/C(=C\c3cc(C)n(-c4ccc(O)cc4)c3C)C2=O)o1. The number of aromatic nitrogens is 1. The second-order valence-electron chi connectivity index (χ2n) is 7.32. The fourth-order valence-electron chi connectivity index (χ4n) is 3.63. The number of nitrogens with one attached hydrogen (secondary N) is 1. The van der Waals surface area contributed by atoms with E-state index in [1.54, 1.807) is 30.3 Å². The highest BCUT2D eigenvalue weighted by Gasteiger charge is 2.34. The van der Waals surface area contributed by atoms with Crippen LogP contribution in [0.15, 0.2) is 52.6 Å².